The molecule has 2 N–H and O–H groups in total. The lowest BCUT2D eigenvalue weighted by Crippen LogP contribution is -2.22. The van der Waals surface area contributed by atoms with E-state index in [1.54, 1.807) is 6.92 Å². The topological polar surface area (TPSA) is 65.5 Å². The Morgan fingerprint density at radius 1 is 1.67 bits per heavy atom. The van der Waals surface area contributed by atoms with Gasteiger partial charge >= 0.3 is 5.97 Å². The van der Waals surface area contributed by atoms with E-state index in [0.717, 1.165) is 24.8 Å². The SMILES string of the molecule is CCN1CCC(CNc2nc(C)c(C(=O)O)s2)C1. The molecule has 1 aliphatic heterocycles. The van der Waals surface area contributed by atoms with E-state index >= 15 is 0 Å². The number of aromatic carboxylic acids is 1. The van der Waals surface area contributed by atoms with E-state index in [0.29, 0.717) is 16.5 Å². The summed E-state index contributed by atoms with van der Waals surface area (Å²) in [7, 11) is 0. The molecule has 1 atom stereocenters. The van der Waals surface area contributed by atoms with Crippen LogP contribution in [0.3, 0.4) is 0 Å². The van der Waals surface area contributed by atoms with Crippen LogP contribution in [0.5, 0.6) is 0 Å². The third-order valence-electron chi connectivity index (χ3n) is 3.35. The van der Waals surface area contributed by atoms with Crippen molar-refractivity contribution in [2.24, 2.45) is 5.92 Å². The van der Waals surface area contributed by atoms with Crippen LogP contribution in [0.4, 0.5) is 5.13 Å². The van der Waals surface area contributed by atoms with Gasteiger partial charge in [-0.15, -0.1) is 0 Å². The lowest BCUT2D eigenvalue weighted by molar-refractivity contribution is 0.0701. The zero-order valence-corrected chi connectivity index (χ0v) is 11.6. The summed E-state index contributed by atoms with van der Waals surface area (Å²) in [5, 5.41) is 12.9. The molecular formula is C12H19N3O2S. The summed E-state index contributed by atoms with van der Waals surface area (Å²) in [6, 6.07) is 0. The minimum atomic E-state index is -0.893. The maximum atomic E-state index is 10.9. The van der Waals surface area contributed by atoms with Crippen LogP contribution >= 0.6 is 11.3 Å². The van der Waals surface area contributed by atoms with Crippen molar-refractivity contribution in [2.75, 3.05) is 31.5 Å². The summed E-state index contributed by atoms with van der Waals surface area (Å²) in [5.74, 6) is -0.251. The largest absolute Gasteiger partial charge is 0.477 e. The lowest BCUT2D eigenvalue weighted by atomic mass is 10.1. The second-order valence-electron chi connectivity index (χ2n) is 4.67. The number of aromatic nitrogens is 1. The minimum Gasteiger partial charge on any atom is -0.477 e. The van der Waals surface area contributed by atoms with Gasteiger partial charge < -0.3 is 15.3 Å². The number of carboxylic acid groups (broad SMARTS) is 1. The number of rotatable bonds is 5. The zero-order valence-electron chi connectivity index (χ0n) is 10.8. The van der Waals surface area contributed by atoms with Crippen molar-refractivity contribution in [3.63, 3.8) is 0 Å². The molecule has 6 heteroatoms. The Hall–Kier alpha value is -1.14. The highest BCUT2D eigenvalue weighted by atomic mass is 32.1. The van der Waals surface area contributed by atoms with Crippen LogP contribution in [-0.2, 0) is 0 Å². The normalized spacial score (nSPS) is 20.2. The van der Waals surface area contributed by atoms with Crippen LogP contribution in [0.15, 0.2) is 0 Å². The van der Waals surface area contributed by atoms with E-state index in [1.807, 2.05) is 0 Å². The van der Waals surface area contributed by atoms with Gasteiger partial charge in [-0.1, -0.05) is 18.3 Å². The molecule has 1 unspecified atom stereocenters. The average Bonchev–Trinajstić information content (AvgIpc) is 2.92. The predicted molar refractivity (Wildman–Crippen MR) is 72.5 cm³/mol. The molecular weight excluding hydrogens is 250 g/mol. The summed E-state index contributed by atoms with van der Waals surface area (Å²) in [6.07, 6.45) is 1.21. The van der Waals surface area contributed by atoms with Gasteiger partial charge in [0.05, 0.1) is 5.69 Å². The molecule has 1 aliphatic rings. The summed E-state index contributed by atoms with van der Waals surface area (Å²) in [4.78, 5) is 17.9. The van der Waals surface area contributed by atoms with Crippen LogP contribution in [-0.4, -0.2) is 47.1 Å². The van der Waals surface area contributed by atoms with Crippen molar-refractivity contribution >= 4 is 22.4 Å². The molecule has 1 fully saturated rings. The third kappa shape index (κ3) is 3.00. The number of hydrogen-bond donors (Lipinski definition) is 2. The summed E-state index contributed by atoms with van der Waals surface area (Å²) in [5.41, 5.74) is 0.594. The quantitative estimate of drug-likeness (QED) is 0.854. The molecule has 100 valence electrons. The Bertz CT molecular complexity index is 433. The number of carboxylic acids is 1. The fraction of sp³-hybridized carbons (Fsp3) is 0.667. The molecule has 0 radical (unpaired) electrons. The molecule has 0 aliphatic carbocycles. The Morgan fingerprint density at radius 2 is 2.44 bits per heavy atom. The van der Waals surface area contributed by atoms with E-state index in [9.17, 15) is 4.79 Å². The maximum Gasteiger partial charge on any atom is 0.347 e. The van der Waals surface area contributed by atoms with Gasteiger partial charge in [-0.05, 0) is 32.4 Å². The van der Waals surface area contributed by atoms with Gasteiger partial charge in [0.15, 0.2) is 5.13 Å². The molecule has 2 rings (SSSR count). The number of likely N-dealkylation sites (tertiary alicyclic amines) is 1. The minimum absolute atomic E-state index is 0.333. The van der Waals surface area contributed by atoms with Crippen molar-refractivity contribution in [3.05, 3.63) is 10.6 Å². The first-order chi connectivity index (χ1) is 8.60. The van der Waals surface area contributed by atoms with Crippen LogP contribution in [0.1, 0.15) is 28.7 Å². The first kappa shape index (κ1) is 13.3. The smallest absolute Gasteiger partial charge is 0.347 e. The zero-order chi connectivity index (χ0) is 13.1. The van der Waals surface area contributed by atoms with Gasteiger partial charge in [0, 0.05) is 13.1 Å². The van der Waals surface area contributed by atoms with Crippen LogP contribution in [0, 0.1) is 12.8 Å². The van der Waals surface area contributed by atoms with Crippen LogP contribution in [0.25, 0.3) is 0 Å². The van der Waals surface area contributed by atoms with E-state index in [-0.39, 0.29) is 0 Å². The molecule has 0 spiro atoms. The van der Waals surface area contributed by atoms with E-state index in [2.05, 4.69) is 22.1 Å². The van der Waals surface area contributed by atoms with Crippen molar-refractivity contribution in [1.29, 1.82) is 0 Å². The molecule has 5 nitrogen and oxygen atoms in total. The fourth-order valence-corrected chi connectivity index (χ4v) is 3.08. The molecule has 0 amide bonds. The fourth-order valence-electron chi connectivity index (χ4n) is 2.27. The van der Waals surface area contributed by atoms with Crippen molar-refractivity contribution < 1.29 is 9.90 Å². The number of thiazole rings is 1. The van der Waals surface area contributed by atoms with E-state index in [4.69, 9.17) is 5.11 Å². The summed E-state index contributed by atoms with van der Waals surface area (Å²) in [6.45, 7) is 8.19. The third-order valence-corrected chi connectivity index (χ3v) is 4.45. The molecule has 2 heterocycles. The highest BCUT2D eigenvalue weighted by Gasteiger charge is 2.21. The lowest BCUT2D eigenvalue weighted by Gasteiger charge is -2.13. The number of carbonyl (C=O) groups is 1. The van der Waals surface area contributed by atoms with Gasteiger partial charge in [-0.25, -0.2) is 9.78 Å². The molecule has 1 saturated heterocycles. The number of aryl methyl sites for hydroxylation is 1. The highest BCUT2D eigenvalue weighted by Crippen LogP contribution is 2.23. The number of nitrogens with zero attached hydrogens (tertiary/aromatic N) is 2. The summed E-state index contributed by atoms with van der Waals surface area (Å²) >= 11 is 1.22. The average molecular weight is 269 g/mol. The van der Waals surface area contributed by atoms with Crippen molar-refractivity contribution in [1.82, 2.24) is 9.88 Å². The Balaban J connectivity index is 1.87. The second-order valence-corrected chi connectivity index (χ2v) is 5.67. The highest BCUT2D eigenvalue weighted by molar-refractivity contribution is 7.17. The molecule has 1 aromatic heterocycles. The van der Waals surface area contributed by atoms with Gasteiger partial charge in [-0.2, -0.15) is 0 Å². The molecule has 1 aromatic rings. The molecule has 0 saturated carbocycles. The Labute approximate surface area is 111 Å². The van der Waals surface area contributed by atoms with Gasteiger partial charge in [-0.3, -0.25) is 0 Å². The standard InChI is InChI=1S/C12H19N3O2S/c1-3-15-5-4-9(7-15)6-13-12-14-8(2)10(18-12)11(16)17/h9H,3-7H2,1-2H3,(H,13,14)(H,16,17). The van der Waals surface area contributed by atoms with Crippen LogP contribution < -0.4 is 5.32 Å². The number of nitrogens with one attached hydrogen (secondary N) is 1. The van der Waals surface area contributed by atoms with Crippen molar-refractivity contribution in [2.45, 2.75) is 20.3 Å². The second kappa shape index (κ2) is 5.67. The van der Waals surface area contributed by atoms with E-state index in [1.165, 1.54) is 24.3 Å². The predicted octanol–water partition coefficient (Wildman–Crippen LogP) is 1.90. The van der Waals surface area contributed by atoms with Gasteiger partial charge in [0.1, 0.15) is 4.88 Å². The first-order valence-corrected chi connectivity index (χ1v) is 7.08. The van der Waals surface area contributed by atoms with Gasteiger partial charge in [0.25, 0.3) is 0 Å². The maximum absolute atomic E-state index is 10.9. The number of anilines is 1. The van der Waals surface area contributed by atoms with Crippen LogP contribution in [0.2, 0.25) is 0 Å². The monoisotopic (exact) mass is 269 g/mol. The molecule has 0 aromatic carbocycles. The van der Waals surface area contributed by atoms with E-state index < -0.39 is 5.97 Å². The van der Waals surface area contributed by atoms with Crippen molar-refractivity contribution in [3.8, 4) is 0 Å². The summed E-state index contributed by atoms with van der Waals surface area (Å²) < 4.78 is 0. The first-order valence-electron chi connectivity index (χ1n) is 6.27. The Morgan fingerprint density at radius 3 is 3.00 bits per heavy atom. The van der Waals surface area contributed by atoms with Gasteiger partial charge in [0.2, 0.25) is 0 Å². The number of hydrogen-bond acceptors (Lipinski definition) is 5. The Kier molecular flexibility index (Phi) is 4.19. The molecule has 0 bridgehead atoms. The molecule has 18 heavy (non-hydrogen) atoms.